The molecule has 0 atom stereocenters. The Morgan fingerprint density at radius 1 is 0.231 bits per heavy atom. The van der Waals surface area contributed by atoms with Crippen LogP contribution < -0.4 is 26.2 Å². The Morgan fingerprint density at radius 3 is 0.893 bits per heavy atom. The van der Waals surface area contributed by atoms with E-state index < -0.39 is 0 Å². The lowest BCUT2D eigenvalue weighted by Gasteiger charge is -2.44. The van der Waals surface area contributed by atoms with Crippen LogP contribution in [0, 0.1) is 0 Å². The van der Waals surface area contributed by atoms with Gasteiger partial charge in [0.1, 0.15) is 0 Å². The Balaban J connectivity index is 0.838. The van der Waals surface area contributed by atoms with E-state index in [9.17, 15) is 0 Å². The van der Waals surface area contributed by atoms with E-state index in [2.05, 4.69) is 461 Å². The third-order valence-electron chi connectivity index (χ3n) is 27.0. The van der Waals surface area contributed by atoms with E-state index in [0.717, 1.165) is 85.1 Å². The molecular weight excluding hydrogens is 1460 g/mol. The molecule has 18 aromatic rings. The highest BCUT2D eigenvalue weighted by Gasteiger charge is 2.45. The summed E-state index contributed by atoms with van der Waals surface area (Å²) in [6.07, 6.45) is 2.33. The normalized spacial score (nSPS) is 14.2. The van der Waals surface area contributed by atoms with Crippen LogP contribution in [0.5, 0.6) is 0 Å². The molecule has 16 aromatic carbocycles. The molecule has 0 radical (unpaired) electrons. The third kappa shape index (κ3) is 13.0. The molecule has 121 heavy (non-hydrogen) atoms. The number of hydrogen-bond donors (Lipinski definition) is 0. The summed E-state index contributed by atoms with van der Waals surface area (Å²) in [5.74, 6) is 0. The molecule has 0 N–H and O–H groups in total. The van der Waals surface area contributed by atoms with Crippen LogP contribution in [0.15, 0.2) is 352 Å². The first-order valence-corrected chi connectivity index (χ1v) is 43.4. The van der Waals surface area contributed by atoms with Crippen molar-refractivity contribution < 1.29 is 0 Å². The average Bonchev–Trinajstić information content (AvgIpc) is 1.05. The SMILES string of the molecule is CC(C)(C)c1ccc(-c2cc3c4c(c2)N(c2ccc(-c5ccc6c(c5)C(C)(C)CCC6(C)C)cc2)c2cc(-n5c6ccc(-c7ccccc7)cc6c6cc(-c7ccccc7)ccc65)ccc2B4c2ccc(-n4c5ccc(-c6ccccc6)cc5c5cc(-c6ccccc6)ccc54)cc2N3c2ccc(-c3cc(C(C)(C)C)cc(C(C)(C)C)c3)cc2)cc1. The largest absolute Gasteiger partial charge is 0.311 e. The summed E-state index contributed by atoms with van der Waals surface area (Å²) in [5.41, 5.74) is 40.8. The van der Waals surface area contributed by atoms with Crippen LogP contribution in [0.1, 0.15) is 131 Å². The molecule has 0 unspecified atom stereocenters. The van der Waals surface area contributed by atoms with Gasteiger partial charge in [-0.15, -0.1) is 0 Å². The van der Waals surface area contributed by atoms with Crippen LogP contribution in [-0.4, -0.2) is 15.8 Å². The molecule has 0 fully saturated rings. The van der Waals surface area contributed by atoms with Crippen LogP contribution in [-0.2, 0) is 27.1 Å². The first-order valence-electron chi connectivity index (χ1n) is 43.4. The predicted molar refractivity (Wildman–Crippen MR) is 519 cm³/mol. The fraction of sp³-hybridized carbons (Fsp3) is 0.172. The Morgan fingerprint density at radius 2 is 0.529 bits per heavy atom. The van der Waals surface area contributed by atoms with E-state index in [1.165, 1.54) is 139 Å². The number of anilines is 6. The van der Waals surface area contributed by atoms with Crippen molar-refractivity contribution in [2.24, 2.45) is 0 Å². The summed E-state index contributed by atoms with van der Waals surface area (Å²) in [5, 5.41) is 4.83. The van der Waals surface area contributed by atoms with Crippen LogP contribution in [0.2, 0.25) is 0 Å². The van der Waals surface area contributed by atoms with E-state index in [1.807, 2.05) is 0 Å². The number of benzene rings is 16. The molecule has 588 valence electrons. The van der Waals surface area contributed by atoms with Crippen molar-refractivity contribution in [3.8, 4) is 89.3 Å². The van der Waals surface area contributed by atoms with Gasteiger partial charge in [-0.05, 0) is 271 Å². The molecule has 4 nitrogen and oxygen atoms in total. The minimum atomic E-state index is -0.222. The summed E-state index contributed by atoms with van der Waals surface area (Å²) in [6, 6.07) is 135. The summed E-state index contributed by atoms with van der Waals surface area (Å²) in [7, 11) is 0. The second-order valence-electron chi connectivity index (χ2n) is 38.8. The molecule has 0 saturated carbocycles. The Bertz CT molecular complexity index is 6920. The lowest BCUT2D eigenvalue weighted by Crippen LogP contribution is -2.61. The molecule has 0 saturated heterocycles. The van der Waals surface area contributed by atoms with Crippen LogP contribution in [0.25, 0.3) is 133 Å². The zero-order valence-electron chi connectivity index (χ0n) is 71.8. The monoisotopic (exact) mass is 1560 g/mol. The van der Waals surface area contributed by atoms with E-state index >= 15 is 0 Å². The first-order chi connectivity index (χ1) is 58.3. The van der Waals surface area contributed by atoms with E-state index in [1.54, 1.807) is 0 Å². The van der Waals surface area contributed by atoms with Crippen molar-refractivity contribution in [3.05, 3.63) is 380 Å². The second-order valence-corrected chi connectivity index (χ2v) is 38.8. The molecule has 1 aliphatic carbocycles. The smallest absolute Gasteiger partial charge is 0.252 e. The van der Waals surface area contributed by atoms with E-state index in [4.69, 9.17) is 0 Å². The third-order valence-corrected chi connectivity index (χ3v) is 27.0. The van der Waals surface area contributed by atoms with Gasteiger partial charge in [-0.2, -0.15) is 0 Å². The van der Waals surface area contributed by atoms with Crippen molar-refractivity contribution in [2.75, 3.05) is 9.80 Å². The van der Waals surface area contributed by atoms with Gasteiger partial charge in [0.25, 0.3) is 6.71 Å². The fourth-order valence-corrected chi connectivity index (χ4v) is 20.0. The lowest BCUT2D eigenvalue weighted by atomic mass is 9.33. The number of fused-ring (bicyclic) bond motifs is 11. The number of rotatable bonds is 11. The standard InChI is InChI=1S/C116H101BN4/c1-112(2,3)88-45-34-79(35-46-88)87-69-109-111-110(70-87)119(92-49-38-80(39-50-92)86-62-89(113(4,5)6)71-90(63-86)114(7,8)9)108-73-94(121-105-58-43-83(76-30-22-16-23-31-76)66-97(105)98-67-84(44-59-106(98)121)77-32-24-17-25-33-77)52-55-102(108)117(111)101-54-51-93(72-107(101)118(109)91-47-36-78(37-48-91)85-40-53-99-100(68-85)116(12,13)61-60-115(99,10)11)120-103-56-41-81(74-26-18-14-19-27-74)64-95(103)96-65-82(42-57-104(96)120)75-28-20-15-21-29-75/h14-59,62-73H,60-61H2,1-13H3. The van der Waals surface area contributed by atoms with Crippen molar-refractivity contribution >= 4 is 101 Å². The zero-order chi connectivity index (χ0) is 82.8. The molecule has 0 amide bonds. The number of nitrogens with zero attached hydrogens (tertiary/aromatic N) is 4. The maximum absolute atomic E-state index is 2.64. The average molecular weight is 1560 g/mol. The maximum Gasteiger partial charge on any atom is 0.252 e. The number of aromatic nitrogens is 2. The van der Waals surface area contributed by atoms with Crippen molar-refractivity contribution in [2.45, 2.75) is 130 Å². The molecule has 0 spiro atoms. The summed E-state index contributed by atoms with van der Waals surface area (Å²) < 4.78 is 5.07. The molecule has 3 aliphatic rings. The van der Waals surface area contributed by atoms with E-state index in [0.29, 0.717) is 0 Å². The van der Waals surface area contributed by atoms with Gasteiger partial charge >= 0.3 is 0 Å². The highest BCUT2D eigenvalue weighted by Crippen LogP contribution is 2.52. The van der Waals surface area contributed by atoms with Crippen molar-refractivity contribution in [1.82, 2.24) is 9.13 Å². The van der Waals surface area contributed by atoms with Gasteiger partial charge in [0, 0.05) is 67.0 Å². The Hall–Kier alpha value is -13.2. The van der Waals surface area contributed by atoms with Crippen molar-refractivity contribution in [1.29, 1.82) is 0 Å². The Kier molecular flexibility index (Phi) is 17.6. The van der Waals surface area contributed by atoms with Gasteiger partial charge in [0.05, 0.1) is 22.1 Å². The van der Waals surface area contributed by atoms with Crippen LogP contribution in [0.3, 0.4) is 0 Å². The highest BCUT2D eigenvalue weighted by atomic mass is 15.2. The molecule has 0 bridgehead atoms. The van der Waals surface area contributed by atoms with Crippen molar-refractivity contribution in [3.63, 3.8) is 0 Å². The summed E-state index contributed by atoms with van der Waals surface area (Å²) in [4.78, 5) is 5.27. The summed E-state index contributed by atoms with van der Waals surface area (Å²) in [6.45, 7) is 30.5. The fourth-order valence-electron chi connectivity index (χ4n) is 20.0. The van der Waals surface area contributed by atoms with Crippen LogP contribution >= 0.6 is 0 Å². The van der Waals surface area contributed by atoms with Gasteiger partial charge in [-0.1, -0.05) is 333 Å². The highest BCUT2D eigenvalue weighted by molar-refractivity contribution is 7.00. The predicted octanol–water partition coefficient (Wildman–Crippen LogP) is 29.9. The molecule has 4 heterocycles. The first kappa shape index (κ1) is 75.3. The quantitative estimate of drug-likeness (QED) is 0.120. The minimum Gasteiger partial charge on any atom is -0.311 e. The van der Waals surface area contributed by atoms with Gasteiger partial charge in [-0.3, -0.25) is 0 Å². The topological polar surface area (TPSA) is 16.3 Å². The Labute approximate surface area is 713 Å². The van der Waals surface area contributed by atoms with Gasteiger partial charge in [0.2, 0.25) is 0 Å². The van der Waals surface area contributed by atoms with Gasteiger partial charge < -0.3 is 18.9 Å². The second kappa shape index (κ2) is 28.2. The molecular formula is C116H101BN4. The molecule has 21 rings (SSSR count). The summed E-state index contributed by atoms with van der Waals surface area (Å²) >= 11 is 0. The maximum atomic E-state index is 2.64. The number of hydrogen-bond acceptors (Lipinski definition) is 2. The van der Waals surface area contributed by atoms with E-state index in [-0.39, 0.29) is 33.8 Å². The molecule has 2 aliphatic heterocycles. The van der Waals surface area contributed by atoms with Gasteiger partial charge in [0.15, 0.2) is 0 Å². The van der Waals surface area contributed by atoms with Crippen LogP contribution in [0.4, 0.5) is 34.1 Å². The minimum absolute atomic E-state index is 0.0495. The lowest BCUT2D eigenvalue weighted by molar-refractivity contribution is 0.332. The molecule has 5 heteroatoms. The van der Waals surface area contributed by atoms with Gasteiger partial charge in [-0.25, -0.2) is 0 Å². The zero-order valence-corrected chi connectivity index (χ0v) is 71.8. The molecule has 2 aromatic heterocycles.